The van der Waals surface area contributed by atoms with Crippen molar-refractivity contribution in [3.05, 3.63) is 66.3 Å². The van der Waals surface area contributed by atoms with E-state index in [0.29, 0.717) is 18.1 Å². The van der Waals surface area contributed by atoms with Crippen molar-refractivity contribution in [1.29, 1.82) is 5.26 Å². The van der Waals surface area contributed by atoms with Crippen LogP contribution in [-0.4, -0.2) is 86.2 Å². The van der Waals surface area contributed by atoms with Gasteiger partial charge < -0.3 is 29.3 Å². The van der Waals surface area contributed by atoms with Gasteiger partial charge in [-0.25, -0.2) is 9.97 Å². The number of hydrogen-bond donors (Lipinski definition) is 1. The molecule has 0 amide bonds. The Kier molecular flexibility index (Phi) is 9.16. The largest absolute Gasteiger partial charge is 0.493 e. The summed E-state index contributed by atoms with van der Waals surface area (Å²) in [5.74, 6) is 2.26. The monoisotopic (exact) mass is 543 g/mol. The molecule has 210 valence electrons. The SMILES string of the molecule is COc1cc2c(N3CCN(C(NC4=C/C(=C\C#N)CC=C4)OC)CC3)ncnc2cc1OCCN1C=CCCC1. The average Bonchev–Trinajstić information content (AvgIpc) is 3.00. The molecule has 1 aromatic heterocycles. The highest BCUT2D eigenvalue weighted by Gasteiger charge is 2.26. The summed E-state index contributed by atoms with van der Waals surface area (Å²) in [4.78, 5) is 16.0. The van der Waals surface area contributed by atoms with Gasteiger partial charge in [0.2, 0.25) is 0 Å². The third-order valence-corrected chi connectivity index (χ3v) is 7.37. The van der Waals surface area contributed by atoms with E-state index in [4.69, 9.17) is 19.5 Å². The van der Waals surface area contributed by atoms with Gasteiger partial charge in [-0.1, -0.05) is 12.2 Å². The van der Waals surface area contributed by atoms with Crippen LogP contribution in [0.5, 0.6) is 11.5 Å². The first kappa shape index (κ1) is 27.5. The molecular formula is C30H37N7O3. The van der Waals surface area contributed by atoms with Gasteiger partial charge in [0.15, 0.2) is 17.9 Å². The van der Waals surface area contributed by atoms with Gasteiger partial charge in [0, 0.05) is 63.1 Å². The molecule has 40 heavy (non-hydrogen) atoms. The summed E-state index contributed by atoms with van der Waals surface area (Å²) in [7, 11) is 3.37. The van der Waals surface area contributed by atoms with E-state index in [2.05, 4.69) is 48.3 Å². The smallest absolute Gasteiger partial charge is 0.186 e. The summed E-state index contributed by atoms with van der Waals surface area (Å²) in [6, 6.07) is 6.05. The summed E-state index contributed by atoms with van der Waals surface area (Å²) >= 11 is 0. The fourth-order valence-electron chi connectivity index (χ4n) is 5.26. The molecule has 3 heterocycles. The van der Waals surface area contributed by atoms with Crippen LogP contribution >= 0.6 is 0 Å². The van der Waals surface area contributed by atoms with Crippen molar-refractivity contribution in [2.24, 2.45) is 0 Å². The zero-order valence-corrected chi connectivity index (χ0v) is 23.3. The highest BCUT2D eigenvalue weighted by Crippen LogP contribution is 2.35. The molecule has 10 heteroatoms. The number of allylic oxidation sites excluding steroid dienone is 6. The Morgan fingerprint density at radius 1 is 1.10 bits per heavy atom. The molecule has 2 aromatic rings. The lowest BCUT2D eigenvalue weighted by Crippen LogP contribution is -2.55. The van der Waals surface area contributed by atoms with Gasteiger partial charge in [-0.05, 0) is 49.3 Å². The van der Waals surface area contributed by atoms with E-state index < -0.39 is 0 Å². The standard InChI is InChI=1S/C30H37N7O3/c1-38-27-20-25-26(21-28(27)40-18-17-35-11-4-3-5-12-35)32-22-33-29(25)36-13-15-37(16-14-36)30(39-2)34-24-8-6-7-23(19-24)9-10-31/h4,6,8-9,11,19-22,30,34H,3,5,7,12-18H2,1-2H3/b23-9-. The minimum atomic E-state index is -0.276. The molecule has 1 fully saturated rings. The zero-order chi connectivity index (χ0) is 27.7. The third-order valence-electron chi connectivity index (χ3n) is 7.37. The first-order valence-corrected chi connectivity index (χ1v) is 13.8. The van der Waals surface area contributed by atoms with Gasteiger partial charge in [0.1, 0.15) is 18.8 Å². The first-order valence-electron chi connectivity index (χ1n) is 13.8. The van der Waals surface area contributed by atoms with E-state index >= 15 is 0 Å². The van der Waals surface area contributed by atoms with E-state index in [-0.39, 0.29) is 6.35 Å². The van der Waals surface area contributed by atoms with Gasteiger partial charge in [0.05, 0.1) is 25.2 Å². The Morgan fingerprint density at radius 3 is 2.73 bits per heavy atom. The minimum Gasteiger partial charge on any atom is -0.493 e. The molecule has 1 aromatic carbocycles. The van der Waals surface area contributed by atoms with Crippen molar-refractivity contribution < 1.29 is 14.2 Å². The molecule has 1 atom stereocenters. The molecule has 1 saturated heterocycles. The lowest BCUT2D eigenvalue weighted by molar-refractivity contribution is -0.0504. The van der Waals surface area contributed by atoms with Crippen molar-refractivity contribution >= 4 is 16.7 Å². The van der Waals surface area contributed by atoms with E-state index in [1.807, 2.05) is 30.4 Å². The normalized spacial score (nSPS) is 19.4. The van der Waals surface area contributed by atoms with Gasteiger partial charge in [-0.15, -0.1) is 0 Å². The number of aromatic nitrogens is 2. The summed E-state index contributed by atoms with van der Waals surface area (Å²) < 4.78 is 17.6. The predicted octanol–water partition coefficient (Wildman–Crippen LogP) is 3.56. The van der Waals surface area contributed by atoms with Gasteiger partial charge in [-0.2, -0.15) is 5.26 Å². The number of fused-ring (bicyclic) bond motifs is 1. The molecule has 0 saturated carbocycles. The minimum absolute atomic E-state index is 0.276. The second-order valence-electron chi connectivity index (χ2n) is 9.94. The van der Waals surface area contributed by atoms with Crippen molar-refractivity contribution in [1.82, 2.24) is 25.1 Å². The molecule has 1 N–H and O–H groups in total. The number of benzene rings is 1. The molecule has 3 aliphatic rings. The van der Waals surface area contributed by atoms with Gasteiger partial charge in [-0.3, -0.25) is 4.90 Å². The van der Waals surface area contributed by atoms with Gasteiger partial charge in [0.25, 0.3) is 0 Å². The van der Waals surface area contributed by atoms with E-state index in [9.17, 15) is 0 Å². The highest BCUT2D eigenvalue weighted by molar-refractivity contribution is 5.92. The second kappa shape index (κ2) is 13.3. The van der Waals surface area contributed by atoms with Crippen molar-refractivity contribution in [3.8, 4) is 17.6 Å². The Labute approximate surface area is 235 Å². The van der Waals surface area contributed by atoms with Crippen LogP contribution in [0.2, 0.25) is 0 Å². The zero-order valence-electron chi connectivity index (χ0n) is 23.3. The van der Waals surface area contributed by atoms with Crippen molar-refractivity contribution in [2.45, 2.75) is 25.6 Å². The number of nitriles is 1. The molecule has 2 aliphatic heterocycles. The maximum absolute atomic E-state index is 8.98. The predicted molar refractivity (Wildman–Crippen MR) is 155 cm³/mol. The van der Waals surface area contributed by atoms with Crippen LogP contribution in [-0.2, 0) is 4.74 Å². The topological polar surface area (TPSA) is 99.0 Å². The summed E-state index contributed by atoms with van der Waals surface area (Å²) in [6.45, 7) is 5.62. The van der Waals surface area contributed by atoms with E-state index in [0.717, 1.165) is 80.1 Å². The number of nitrogens with one attached hydrogen (secondary N) is 1. The highest BCUT2D eigenvalue weighted by atomic mass is 16.5. The van der Waals surface area contributed by atoms with E-state index in [1.54, 1.807) is 26.6 Å². The van der Waals surface area contributed by atoms with Crippen LogP contribution in [0.25, 0.3) is 10.9 Å². The van der Waals surface area contributed by atoms with Crippen LogP contribution in [0.4, 0.5) is 5.82 Å². The molecule has 1 unspecified atom stereocenters. The fourth-order valence-corrected chi connectivity index (χ4v) is 5.26. The van der Waals surface area contributed by atoms with Crippen LogP contribution in [0.1, 0.15) is 19.3 Å². The number of ether oxygens (including phenoxy) is 3. The van der Waals surface area contributed by atoms with Crippen LogP contribution < -0.4 is 19.7 Å². The molecule has 0 radical (unpaired) electrons. The fraction of sp³-hybridized carbons (Fsp3) is 0.433. The third kappa shape index (κ3) is 6.55. The molecule has 1 aliphatic carbocycles. The molecular weight excluding hydrogens is 506 g/mol. The van der Waals surface area contributed by atoms with Crippen LogP contribution in [0.3, 0.4) is 0 Å². The number of rotatable bonds is 10. The van der Waals surface area contributed by atoms with Gasteiger partial charge >= 0.3 is 0 Å². The molecule has 0 spiro atoms. The maximum Gasteiger partial charge on any atom is 0.186 e. The summed E-state index contributed by atoms with van der Waals surface area (Å²) in [5.41, 5.74) is 2.74. The first-order chi connectivity index (χ1) is 19.7. The summed E-state index contributed by atoms with van der Waals surface area (Å²) in [6.07, 6.45) is 16.4. The quantitative estimate of drug-likeness (QED) is 0.354. The summed E-state index contributed by atoms with van der Waals surface area (Å²) in [5, 5.41) is 13.4. The molecule has 5 rings (SSSR count). The van der Waals surface area contributed by atoms with Crippen molar-refractivity contribution in [3.63, 3.8) is 0 Å². The van der Waals surface area contributed by atoms with Crippen LogP contribution in [0, 0.1) is 11.3 Å². The maximum atomic E-state index is 8.98. The molecule has 10 nitrogen and oxygen atoms in total. The second-order valence-corrected chi connectivity index (χ2v) is 9.94. The lowest BCUT2D eigenvalue weighted by Gasteiger charge is -2.39. The lowest BCUT2D eigenvalue weighted by atomic mass is 10.1. The number of anilines is 1. The average molecular weight is 544 g/mol. The Balaban J connectivity index is 1.24. The number of nitrogens with zero attached hydrogens (tertiary/aromatic N) is 6. The number of hydrogen-bond acceptors (Lipinski definition) is 10. The Morgan fingerprint density at radius 2 is 1.98 bits per heavy atom. The van der Waals surface area contributed by atoms with Crippen LogP contribution in [0.15, 0.2) is 66.3 Å². The van der Waals surface area contributed by atoms with E-state index in [1.165, 1.54) is 6.42 Å². The Bertz CT molecular complexity index is 1340. The van der Waals surface area contributed by atoms with Crippen molar-refractivity contribution in [2.75, 3.05) is 65.0 Å². The number of piperazine rings is 1. The molecule has 0 bridgehead atoms. The Hall–Kier alpha value is -4.07. The number of methoxy groups -OCH3 is 2.